The van der Waals surface area contributed by atoms with E-state index in [2.05, 4.69) is 27.4 Å². The van der Waals surface area contributed by atoms with Crippen molar-refractivity contribution in [1.29, 1.82) is 0 Å². The molecule has 0 amide bonds. The van der Waals surface area contributed by atoms with Crippen molar-refractivity contribution in [3.05, 3.63) is 24.5 Å². The van der Waals surface area contributed by atoms with Crippen LogP contribution in [0.2, 0.25) is 0 Å². The summed E-state index contributed by atoms with van der Waals surface area (Å²) in [4.78, 5) is 6.98. The van der Waals surface area contributed by atoms with Gasteiger partial charge >= 0.3 is 0 Å². The van der Waals surface area contributed by atoms with Crippen LogP contribution in [0.15, 0.2) is 24.5 Å². The third kappa shape index (κ3) is 2.08. The van der Waals surface area contributed by atoms with Crippen LogP contribution in [0, 0.1) is 0 Å². The highest BCUT2D eigenvalue weighted by Gasteiger charge is 2.18. The van der Waals surface area contributed by atoms with E-state index >= 15 is 0 Å². The SMILES string of the molecule is CC(Cn1cnc2cc(N)ccc21)N1CCCC1. The van der Waals surface area contributed by atoms with Gasteiger partial charge in [-0.15, -0.1) is 0 Å². The molecule has 0 bridgehead atoms. The normalized spacial score (nSPS) is 18.5. The summed E-state index contributed by atoms with van der Waals surface area (Å²) >= 11 is 0. The van der Waals surface area contributed by atoms with Crippen molar-refractivity contribution >= 4 is 16.7 Å². The minimum atomic E-state index is 0.572. The van der Waals surface area contributed by atoms with Gasteiger partial charge in [-0.05, 0) is 51.1 Å². The zero-order valence-corrected chi connectivity index (χ0v) is 10.8. The Balaban J connectivity index is 1.81. The van der Waals surface area contributed by atoms with Crippen LogP contribution in [0.1, 0.15) is 19.8 Å². The quantitative estimate of drug-likeness (QED) is 0.841. The number of benzene rings is 1. The molecule has 0 radical (unpaired) electrons. The van der Waals surface area contributed by atoms with E-state index < -0.39 is 0 Å². The lowest BCUT2D eigenvalue weighted by Crippen LogP contribution is -2.33. The second kappa shape index (κ2) is 4.61. The van der Waals surface area contributed by atoms with E-state index in [1.807, 2.05) is 18.5 Å². The average molecular weight is 244 g/mol. The van der Waals surface area contributed by atoms with E-state index in [1.54, 1.807) is 0 Å². The van der Waals surface area contributed by atoms with E-state index in [-0.39, 0.29) is 0 Å². The number of rotatable bonds is 3. The Kier molecular flexibility index (Phi) is 2.96. The van der Waals surface area contributed by atoms with Crippen molar-refractivity contribution in [3.63, 3.8) is 0 Å². The standard InChI is InChI=1S/C14H20N4/c1-11(17-6-2-3-7-17)9-18-10-16-13-8-12(15)4-5-14(13)18/h4-5,8,10-11H,2-3,6-7,9,15H2,1H3. The predicted octanol–water partition coefficient (Wildman–Crippen LogP) is 2.10. The molecular formula is C14H20N4. The van der Waals surface area contributed by atoms with E-state index in [0.717, 1.165) is 17.7 Å². The number of imidazole rings is 1. The summed E-state index contributed by atoms with van der Waals surface area (Å²) in [6.07, 6.45) is 4.60. The average Bonchev–Trinajstić information content (AvgIpc) is 2.98. The monoisotopic (exact) mass is 244 g/mol. The first-order chi connectivity index (χ1) is 8.74. The molecule has 3 rings (SSSR count). The summed E-state index contributed by atoms with van der Waals surface area (Å²) in [7, 11) is 0. The van der Waals surface area contributed by atoms with Crippen LogP contribution >= 0.6 is 0 Å². The molecular weight excluding hydrogens is 224 g/mol. The first-order valence-corrected chi connectivity index (χ1v) is 6.68. The molecule has 2 N–H and O–H groups in total. The topological polar surface area (TPSA) is 47.1 Å². The Hall–Kier alpha value is -1.55. The molecule has 4 nitrogen and oxygen atoms in total. The second-order valence-electron chi connectivity index (χ2n) is 5.24. The van der Waals surface area contributed by atoms with Crippen molar-refractivity contribution in [1.82, 2.24) is 14.5 Å². The van der Waals surface area contributed by atoms with Crippen molar-refractivity contribution in [2.24, 2.45) is 0 Å². The number of fused-ring (bicyclic) bond motifs is 1. The Morgan fingerprint density at radius 3 is 2.89 bits per heavy atom. The lowest BCUT2D eigenvalue weighted by Gasteiger charge is -2.24. The van der Waals surface area contributed by atoms with Crippen molar-refractivity contribution in [3.8, 4) is 0 Å². The van der Waals surface area contributed by atoms with Crippen molar-refractivity contribution < 1.29 is 0 Å². The van der Waals surface area contributed by atoms with E-state index in [0.29, 0.717) is 6.04 Å². The molecule has 1 saturated heterocycles. The smallest absolute Gasteiger partial charge is 0.0958 e. The molecule has 0 saturated carbocycles. The molecule has 1 aliphatic rings. The number of nitrogens with zero attached hydrogens (tertiary/aromatic N) is 3. The van der Waals surface area contributed by atoms with Crippen LogP contribution in [0.25, 0.3) is 11.0 Å². The minimum Gasteiger partial charge on any atom is -0.399 e. The molecule has 2 aromatic rings. The number of hydrogen-bond acceptors (Lipinski definition) is 3. The highest BCUT2D eigenvalue weighted by Crippen LogP contribution is 2.18. The molecule has 0 aliphatic carbocycles. The van der Waals surface area contributed by atoms with Crippen LogP contribution < -0.4 is 5.73 Å². The van der Waals surface area contributed by atoms with Gasteiger partial charge in [0.2, 0.25) is 0 Å². The first kappa shape index (κ1) is 11.5. The second-order valence-corrected chi connectivity index (χ2v) is 5.24. The molecule has 1 unspecified atom stereocenters. The largest absolute Gasteiger partial charge is 0.399 e. The first-order valence-electron chi connectivity index (χ1n) is 6.68. The Bertz CT molecular complexity index is 540. The molecule has 2 heterocycles. The summed E-state index contributed by atoms with van der Waals surface area (Å²) in [5, 5.41) is 0. The fourth-order valence-corrected chi connectivity index (χ4v) is 2.81. The highest BCUT2D eigenvalue weighted by atomic mass is 15.2. The third-order valence-corrected chi connectivity index (χ3v) is 3.87. The number of likely N-dealkylation sites (tertiary alicyclic amines) is 1. The molecule has 18 heavy (non-hydrogen) atoms. The van der Waals surface area contributed by atoms with Gasteiger partial charge in [-0.2, -0.15) is 0 Å². The van der Waals surface area contributed by atoms with Crippen LogP contribution in [0.3, 0.4) is 0 Å². The lowest BCUT2D eigenvalue weighted by molar-refractivity contribution is 0.237. The van der Waals surface area contributed by atoms with Crippen LogP contribution in [0.4, 0.5) is 5.69 Å². The van der Waals surface area contributed by atoms with Gasteiger partial charge < -0.3 is 10.3 Å². The van der Waals surface area contributed by atoms with Gasteiger partial charge in [0.1, 0.15) is 0 Å². The number of hydrogen-bond donors (Lipinski definition) is 1. The number of nitrogens with two attached hydrogens (primary N) is 1. The maximum atomic E-state index is 5.78. The molecule has 96 valence electrons. The summed E-state index contributed by atoms with van der Waals surface area (Å²) in [6, 6.07) is 6.52. The minimum absolute atomic E-state index is 0.572. The maximum absolute atomic E-state index is 5.78. The Morgan fingerprint density at radius 2 is 2.11 bits per heavy atom. The fourth-order valence-electron chi connectivity index (χ4n) is 2.81. The maximum Gasteiger partial charge on any atom is 0.0958 e. The summed E-state index contributed by atoms with van der Waals surface area (Å²) in [5.41, 5.74) is 8.72. The molecule has 1 atom stereocenters. The zero-order chi connectivity index (χ0) is 12.5. The molecule has 1 aromatic carbocycles. The molecule has 1 fully saturated rings. The van der Waals surface area contributed by atoms with Crippen LogP contribution in [-0.2, 0) is 6.54 Å². The summed E-state index contributed by atoms with van der Waals surface area (Å²) in [6.45, 7) is 5.77. The molecule has 0 spiro atoms. The summed E-state index contributed by atoms with van der Waals surface area (Å²) < 4.78 is 2.23. The molecule has 4 heteroatoms. The third-order valence-electron chi connectivity index (χ3n) is 3.87. The van der Waals surface area contributed by atoms with Gasteiger partial charge in [0, 0.05) is 18.3 Å². The highest BCUT2D eigenvalue weighted by molar-refractivity contribution is 5.78. The fraction of sp³-hybridized carbons (Fsp3) is 0.500. The van der Waals surface area contributed by atoms with Crippen LogP contribution in [-0.4, -0.2) is 33.6 Å². The summed E-state index contributed by atoms with van der Waals surface area (Å²) in [5.74, 6) is 0. The molecule has 1 aromatic heterocycles. The zero-order valence-electron chi connectivity index (χ0n) is 10.8. The van der Waals surface area contributed by atoms with Crippen molar-refractivity contribution in [2.75, 3.05) is 18.8 Å². The van der Waals surface area contributed by atoms with Gasteiger partial charge in [0.15, 0.2) is 0 Å². The number of nitrogen functional groups attached to an aromatic ring is 1. The van der Waals surface area contributed by atoms with Gasteiger partial charge in [0.25, 0.3) is 0 Å². The van der Waals surface area contributed by atoms with Gasteiger partial charge in [-0.25, -0.2) is 4.98 Å². The number of anilines is 1. The Labute approximate surface area is 107 Å². The van der Waals surface area contributed by atoms with Crippen LogP contribution in [0.5, 0.6) is 0 Å². The number of aromatic nitrogens is 2. The van der Waals surface area contributed by atoms with Gasteiger partial charge in [0.05, 0.1) is 17.4 Å². The van der Waals surface area contributed by atoms with Crippen molar-refractivity contribution in [2.45, 2.75) is 32.4 Å². The Morgan fingerprint density at radius 1 is 1.33 bits per heavy atom. The van der Waals surface area contributed by atoms with E-state index in [1.165, 1.54) is 31.4 Å². The lowest BCUT2D eigenvalue weighted by atomic mass is 10.2. The van der Waals surface area contributed by atoms with E-state index in [4.69, 9.17) is 5.73 Å². The van der Waals surface area contributed by atoms with Gasteiger partial charge in [-0.3, -0.25) is 4.90 Å². The van der Waals surface area contributed by atoms with Gasteiger partial charge in [-0.1, -0.05) is 0 Å². The van der Waals surface area contributed by atoms with E-state index in [9.17, 15) is 0 Å². The predicted molar refractivity (Wildman–Crippen MR) is 74.4 cm³/mol. The molecule has 1 aliphatic heterocycles.